The number of nitrogens with one attached hydrogen (secondary N) is 5. The number of carbonyl (C=O) groups is 6. The SMILES string of the molecule is CCCCc1ccc(-c2ccc(C(=O)NC(CCN)C(=O)NC(C(=O)NC(C)C(=O)NC(CCCCN)C(=O)NC(N)C(=O)CCl)C(C)O)cc2)cc1. The van der Waals surface area contributed by atoms with Gasteiger partial charge in [-0.25, -0.2) is 0 Å². The van der Waals surface area contributed by atoms with Crippen molar-refractivity contribution in [3.05, 3.63) is 59.7 Å². The number of nitrogens with two attached hydrogens (primary N) is 3. The number of benzene rings is 2. The molecule has 0 radical (unpaired) electrons. The number of rotatable bonds is 23. The van der Waals surface area contributed by atoms with Gasteiger partial charge in [-0.1, -0.05) is 49.7 Å². The molecule has 0 fully saturated rings. The molecular formula is C37H55ClN8O7. The summed E-state index contributed by atoms with van der Waals surface area (Å²) in [5, 5.41) is 22.8. The van der Waals surface area contributed by atoms with E-state index in [2.05, 4.69) is 45.6 Å². The van der Waals surface area contributed by atoms with Gasteiger partial charge in [-0.3, -0.25) is 28.8 Å². The van der Waals surface area contributed by atoms with Crippen LogP contribution in [0.2, 0.25) is 0 Å². The van der Waals surface area contributed by atoms with Crippen LogP contribution < -0.4 is 43.8 Å². The van der Waals surface area contributed by atoms with Crippen molar-refractivity contribution in [3.63, 3.8) is 0 Å². The third kappa shape index (κ3) is 14.9. The van der Waals surface area contributed by atoms with Gasteiger partial charge in [0.25, 0.3) is 5.91 Å². The first-order chi connectivity index (χ1) is 25.3. The second kappa shape index (κ2) is 23.3. The number of ketones is 1. The van der Waals surface area contributed by atoms with Gasteiger partial charge in [0, 0.05) is 5.56 Å². The van der Waals surface area contributed by atoms with Crippen LogP contribution in [-0.2, 0) is 30.4 Å². The van der Waals surface area contributed by atoms with Crippen molar-refractivity contribution >= 4 is 46.9 Å². The van der Waals surface area contributed by atoms with Gasteiger partial charge < -0.3 is 48.9 Å². The van der Waals surface area contributed by atoms with Gasteiger partial charge in [0.05, 0.1) is 12.0 Å². The summed E-state index contributed by atoms with van der Waals surface area (Å²) in [5.74, 6) is -4.75. The molecule has 5 amide bonds. The second-order valence-corrected chi connectivity index (χ2v) is 13.1. The minimum absolute atomic E-state index is 0.0271. The lowest BCUT2D eigenvalue weighted by Gasteiger charge is -2.26. The Balaban J connectivity index is 2.06. The maximum Gasteiger partial charge on any atom is 0.251 e. The Kier molecular flexibility index (Phi) is 19.7. The predicted molar refractivity (Wildman–Crippen MR) is 203 cm³/mol. The summed E-state index contributed by atoms with van der Waals surface area (Å²) in [6.07, 6.45) is 1.68. The third-order valence-corrected chi connectivity index (χ3v) is 8.76. The number of hydrogen-bond acceptors (Lipinski definition) is 10. The molecule has 53 heavy (non-hydrogen) atoms. The van der Waals surface area contributed by atoms with Crippen LogP contribution in [0, 0.1) is 0 Å². The highest BCUT2D eigenvalue weighted by Crippen LogP contribution is 2.21. The molecule has 0 heterocycles. The van der Waals surface area contributed by atoms with Crippen LogP contribution in [0.15, 0.2) is 48.5 Å². The maximum absolute atomic E-state index is 13.3. The highest BCUT2D eigenvalue weighted by atomic mass is 35.5. The Labute approximate surface area is 315 Å². The lowest BCUT2D eigenvalue weighted by atomic mass is 10.0. The smallest absolute Gasteiger partial charge is 0.251 e. The molecular weight excluding hydrogens is 704 g/mol. The molecule has 0 aliphatic heterocycles. The molecule has 6 unspecified atom stereocenters. The number of carbonyl (C=O) groups excluding carboxylic acids is 6. The van der Waals surface area contributed by atoms with Crippen LogP contribution in [-0.4, -0.2) is 95.8 Å². The molecule has 0 aliphatic rings. The summed E-state index contributed by atoms with van der Waals surface area (Å²) < 4.78 is 0. The number of alkyl halides is 1. The number of halogens is 1. The molecule has 16 heteroatoms. The van der Waals surface area contributed by atoms with E-state index in [1.54, 1.807) is 12.1 Å². The van der Waals surface area contributed by atoms with E-state index in [-0.39, 0.29) is 19.4 Å². The number of aryl methyl sites for hydroxylation is 1. The van der Waals surface area contributed by atoms with Crippen molar-refractivity contribution in [2.24, 2.45) is 17.2 Å². The van der Waals surface area contributed by atoms with Gasteiger partial charge in [0.15, 0.2) is 5.78 Å². The average Bonchev–Trinajstić information content (AvgIpc) is 3.14. The molecule has 2 aromatic rings. The minimum atomic E-state index is -1.52. The van der Waals surface area contributed by atoms with Crippen LogP contribution in [0.25, 0.3) is 11.1 Å². The molecule has 292 valence electrons. The molecule has 2 rings (SSSR count). The lowest BCUT2D eigenvalue weighted by molar-refractivity contribution is -0.135. The van der Waals surface area contributed by atoms with Crippen LogP contribution in [0.5, 0.6) is 0 Å². The van der Waals surface area contributed by atoms with Gasteiger partial charge >= 0.3 is 0 Å². The summed E-state index contributed by atoms with van der Waals surface area (Å²) in [4.78, 5) is 77.3. The van der Waals surface area contributed by atoms with E-state index < -0.39 is 77.6 Å². The van der Waals surface area contributed by atoms with E-state index in [1.807, 2.05) is 24.3 Å². The fourth-order valence-electron chi connectivity index (χ4n) is 5.24. The van der Waals surface area contributed by atoms with Crippen molar-refractivity contribution in [1.29, 1.82) is 0 Å². The van der Waals surface area contributed by atoms with Crippen molar-refractivity contribution in [1.82, 2.24) is 26.6 Å². The molecule has 0 bridgehead atoms. The normalized spacial score (nSPS) is 14.4. The molecule has 6 atom stereocenters. The zero-order valence-corrected chi connectivity index (χ0v) is 31.4. The van der Waals surface area contributed by atoms with Crippen LogP contribution in [0.4, 0.5) is 0 Å². The van der Waals surface area contributed by atoms with E-state index >= 15 is 0 Å². The number of Topliss-reactive ketones (excluding diaryl/α,β-unsaturated/α-hetero) is 1. The molecule has 2 aromatic carbocycles. The van der Waals surface area contributed by atoms with E-state index in [0.29, 0.717) is 24.9 Å². The first kappa shape index (κ1) is 44.7. The van der Waals surface area contributed by atoms with Gasteiger partial charge in [-0.2, -0.15) is 0 Å². The van der Waals surface area contributed by atoms with E-state index in [0.717, 1.165) is 30.4 Å². The van der Waals surface area contributed by atoms with Gasteiger partial charge in [-0.15, -0.1) is 11.6 Å². The number of aliphatic hydroxyl groups is 1. The number of hydrogen-bond donors (Lipinski definition) is 9. The van der Waals surface area contributed by atoms with Crippen molar-refractivity contribution in [2.45, 2.75) is 102 Å². The van der Waals surface area contributed by atoms with Crippen molar-refractivity contribution in [2.75, 3.05) is 19.0 Å². The first-order valence-electron chi connectivity index (χ1n) is 17.9. The van der Waals surface area contributed by atoms with E-state index in [1.165, 1.54) is 19.4 Å². The summed E-state index contributed by atoms with van der Waals surface area (Å²) >= 11 is 5.51. The number of aliphatic hydroxyl groups excluding tert-OH is 1. The zero-order chi connectivity index (χ0) is 39.5. The molecule has 0 aliphatic carbocycles. The fourth-order valence-corrected chi connectivity index (χ4v) is 5.41. The molecule has 12 N–H and O–H groups in total. The Bertz CT molecular complexity index is 1510. The Morgan fingerprint density at radius 3 is 1.83 bits per heavy atom. The van der Waals surface area contributed by atoms with Crippen LogP contribution in [0.3, 0.4) is 0 Å². The molecule has 0 spiro atoms. The van der Waals surface area contributed by atoms with Gasteiger partial charge in [-0.05, 0) is 94.3 Å². The summed E-state index contributed by atoms with van der Waals surface area (Å²) in [6, 6.07) is 10.1. The van der Waals surface area contributed by atoms with E-state index in [9.17, 15) is 33.9 Å². The zero-order valence-electron chi connectivity index (χ0n) is 30.7. The van der Waals surface area contributed by atoms with E-state index in [4.69, 9.17) is 28.8 Å². The Morgan fingerprint density at radius 1 is 0.698 bits per heavy atom. The molecule has 0 saturated carbocycles. The maximum atomic E-state index is 13.3. The Morgan fingerprint density at radius 2 is 1.28 bits per heavy atom. The highest BCUT2D eigenvalue weighted by molar-refractivity contribution is 6.28. The van der Waals surface area contributed by atoms with Gasteiger partial charge in [0.1, 0.15) is 30.3 Å². The topological polar surface area (TPSA) is 261 Å². The summed E-state index contributed by atoms with van der Waals surface area (Å²) in [6.45, 7) is 5.15. The minimum Gasteiger partial charge on any atom is -0.391 e. The fraction of sp³-hybridized carbons (Fsp3) is 0.514. The Hall–Kier alpha value is -4.41. The monoisotopic (exact) mass is 758 g/mol. The molecule has 15 nitrogen and oxygen atoms in total. The highest BCUT2D eigenvalue weighted by Gasteiger charge is 2.32. The first-order valence-corrected chi connectivity index (χ1v) is 18.4. The number of unbranched alkanes of at least 4 members (excludes halogenated alkanes) is 2. The molecule has 0 aromatic heterocycles. The summed E-state index contributed by atoms with van der Waals surface area (Å²) in [5.41, 5.74) is 20.4. The van der Waals surface area contributed by atoms with Crippen molar-refractivity contribution < 1.29 is 33.9 Å². The molecule has 0 saturated heterocycles. The largest absolute Gasteiger partial charge is 0.391 e. The number of amides is 5. The standard InChI is InChI=1S/C37H55ClN8O7/c1-4-5-8-24-10-12-25(13-11-24)26-14-16-27(17-15-26)34(50)44-29(18-20-40)35(51)45-31(23(3)47)37(53)42-22(2)33(49)43-28(9-6-7-19-39)36(52)46-32(41)30(48)21-38/h10-17,22-23,28-29,31-32,47H,4-9,18-21,39-41H2,1-3H3,(H,42,53)(H,43,49)(H,44,50)(H,45,51)(H,46,52). The lowest BCUT2D eigenvalue weighted by Crippen LogP contribution is -2.60. The van der Waals surface area contributed by atoms with Crippen LogP contribution >= 0.6 is 11.6 Å². The third-order valence-electron chi connectivity index (χ3n) is 8.50. The van der Waals surface area contributed by atoms with Gasteiger partial charge in [0.2, 0.25) is 23.6 Å². The van der Waals surface area contributed by atoms with Crippen LogP contribution in [0.1, 0.15) is 75.2 Å². The summed E-state index contributed by atoms with van der Waals surface area (Å²) in [7, 11) is 0. The van der Waals surface area contributed by atoms with Crippen molar-refractivity contribution in [3.8, 4) is 11.1 Å². The quantitative estimate of drug-likeness (QED) is 0.0426. The average molecular weight is 759 g/mol. The predicted octanol–water partition coefficient (Wildman–Crippen LogP) is 0.336. The second-order valence-electron chi connectivity index (χ2n) is 12.9.